The van der Waals surface area contributed by atoms with Gasteiger partial charge in [0.2, 0.25) is 11.8 Å². The lowest BCUT2D eigenvalue weighted by atomic mass is 9.74. The number of aromatic nitrogens is 2. The topological polar surface area (TPSA) is 95.1 Å². The second-order valence-corrected chi connectivity index (χ2v) is 8.90. The Labute approximate surface area is 198 Å². The van der Waals surface area contributed by atoms with E-state index in [9.17, 15) is 14.7 Å². The van der Waals surface area contributed by atoms with Crippen LogP contribution < -0.4 is 5.32 Å². The lowest BCUT2D eigenvalue weighted by Gasteiger charge is -2.32. The zero-order valence-electron chi connectivity index (χ0n) is 19.0. The summed E-state index contributed by atoms with van der Waals surface area (Å²) >= 11 is 0. The van der Waals surface area contributed by atoms with Gasteiger partial charge in [0.15, 0.2) is 0 Å². The van der Waals surface area contributed by atoms with E-state index in [1.165, 1.54) is 5.56 Å². The number of hydrogen-bond donors (Lipinski definition) is 3. The molecule has 3 N–H and O–H groups in total. The normalized spacial score (nSPS) is 18.3. The molecule has 5 rings (SSSR count). The molecule has 1 aliphatic heterocycles. The first-order valence-corrected chi connectivity index (χ1v) is 11.6. The van der Waals surface area contributed by atoms with Gasteiger partial charge in [-0.05, 0) is 59.2 Å². The standard InChI is InChI=1S/C28H27N3O3/c1-17-14-19(21-8-3-2-6-18(21)7-5-13-32)11-12-20(17)26-23(15-25(33)31-28(26)34)22-9-4-10-24-27(22)30-16-29-24/h2-4,6,8-12,14,16,23,26,32H,5,7,13,15H2,1H3,(H,29,30)(H,31,33,34)/t23-,26-/m1/s1. The van der Waals surface area contributed by atoms with Crippen molar-refractivity contribution in [1.82, 2.24) is 15.3 Å². The largest absolute Gasteiger partial charge is 0.396 e. The van der Waals surface area contributed by atoms with Crippen LogP contribution >= 0.6 is 0 Å². The second kappa shape index (κ2) is 9.23. The smallest absolute Gasteiger partial charge is 0.234 e. The maximum absolute atomic E-state index is 13.2. The van der Waals surface area contributed by atoms with E-state index < -0.39 is 5.92 Å². The fourth-order valence-corrected chi connectivity index (χ4v) is 5.18. The number of nitrogens with zero attached hydrogens (tertiary/aromatic N) is 1. The Kier molecular flexibility index (Phi) is 5.99. The highest BCUT2D eigenvalue weighted by molar-refractivity contribution is 6.03. The number of aliphatic hydroxyl groups excluding tert-OH is 1. The van der Waals surface area contributed by atoms with E-state index in [2.05, 4.69) is 39.6 Å². The quantitative estimate of drug-likeness (QED) is 0.378. The molecule has 2 amide bonds. The van der Waals surface area contributed by atoms with Crippen LogP contribution in [0.15, 0.2) is 67.0 Å². The molecule has 0 unspecified atom stereocenters. The van der Waals surface area contributed by atoms with Gasteiger partial charge in [0.05, 0.1) is 23.3 Å². The maximum Gasteiger partial charge on any atom is 0.234 e. The van der Waals surface area contributed by atoms with Crippen LogP contribution in [0.1, 0.15) is 46.9 Å². The molecule has 0 aliphatic carbocycles. The van der Waals surface area contributed by atoms with Gasteiger partial charge in [0, 0.05) is 18.9 Å². The van der Waals surface area contributed by atoms with Gasteiger partial charge in [0.1, 0.15) is 0 Å². The van der Waals surface area contributed by atoms with Crippen LogP contribution in [0.5, 0.6) is 0 Å². The molecule has 0 bridgehead atoms. The molecule has 0 radical (unpaired) electrons. The van der Waals surface area contributed by atoms with Gasteiger partial charge in [-0.3, -0.25) is 14.9 Å². The summed E-state index contributed by atoms with van der Waals surface area (Å²) < 4.78 is 0. The Morgan fingerprint density at radius 3 is 2.71 bits per heavy atom. The number of carbonyl (C=O) groups is 2. The van der Waals surface area contributed by atoms with Crippen molar-refractivity contribution in [1.29, 1.82) is 0 Å². The molecule has 0 spiro atoms. The number of aromatic amines is 1. The van der Waals surface area contributed by atoms with Crippen LogP contribution in [-0.4, -0.2) is 33.5 Å². The lowest BCUT2D eigenvalue weighted by molar-refractivity contribution is -0.135. The zero-order valence-corrected chi connectivity index (χ0v) is 19.0. The van der Waals surface area contributed by atoms with E-state index in [1.807, 2.05) is 43.3 Å². The minimum atomic E-state index is -0.487. The third-order valence-corrected chi connectivity index (χ3v) is 6.77. The van der Waals surface area contributed by atoms with Crippen molar-refractivity contribution in [3.05, 3.63) is 89.2 Å². The lowest BCUT2D eigenvalue weighted by Crippen LogP contribution is -2.43. The first kappa shape index (κ1) is 22.0. The predicted molar refractivity (Wildman–Crippen MR) is 131 cm³/mol. The number of imide groups is 1. The Hall–Kier alpha value is -3.77. The zero-order chi connectivity index (χ0) is 23.7. The molecule has 2 atom stereocenters. The summed E-state index contributed by atoms with van der Waals surface area (Å²) in [5.41, 5.74) is 7.91. The first-order chi connectivity index (χ1) is 16.6. The Morgan fingerprint density at radius 2 is 1.88 bits per heavy atom. The average molecular weight is 454 g/mol. The Morgan fingerprint density at radius 1 is 1.03 bits per heavy atom. The van der Waals surface area contributed by atoms with Crippen molar-refractivity contribution in [2.24, 2.45) is 0 Å². The summed E-state index contributed by atoms with van der Waals surface area (Å²) in [4.78, 5) is 33.1. The van der Waals surface area contributed by atoms with Crippen molar-refractivity contribution in [3.8, 4) is 11.1 Å². The summed E-state index contributed by atoms with van der Waals surface area (Å²) in [5.74, 6) is -1.31. The number of aryl methyl sites for hydroxylation is 2. The number of H-pyrrole nitrogens is 1. The fourth-order valence-electron chi connectivity index (χ4n) is 5.18. The third kappa shape index (κ3) is 4.01. The van der Waals surface area contributed by atoms with Gasteiger partial charge in [0.25, 0.3) is 0 Å². The highest BCUT2D eigenvalue weighted by Crippen LogP contribution is 2.42. The van der Waals surface area contributed by atoms with Crippen LogP contribution in [0, 0.1) is 6.92 Å². The van der Waals surface area contributed by atoms with E-state index in [4.69, 9.17) is 0 Å². The second-order valence-electron chi connectivity index (χ2n) is 8.90. The highest BCUT2D eigenvalue weighted by atomic mass is 16.3. The van der Waals surface area contributed by atoms with Crippen molar-refractivity contribution < 1.29 is 14.7 Å². The van der Waals surface area contributed by atoms with Gasteiger partial charge in [-0.2, -0.15) is 0 Å². The minimum absolute atomic E-state index is 0.159. The van der Waals surface area contributed by atoms with Gasteiger partial charge in [-0.1, -0.05) is 54.6 Å². The molecular formula is C28H27N3O3. The monoisotopic (exact) mass is 453 g/mol. The van der Waals surface area contributed by atoms with Crippen LogP contribution in [0.4, 0.5) is 0 Å². The number of carbonyl (C=O) groups excluding carboxylic acids is 2. The number of fused-ring (bicyclic) bond motifs is 1. The van der Waals surface area contributed by atoms with Crippen LogP contribution in [0.25, 0.3) is 22.2 Å². The predicted octanol–water partition coefficient (Wildman–Crippen LogP) is 4.38. The molecule has 1 aliphatic rings. The molecule has 34 heavy (non-hydrogen) atoms. The summed E-state index contributed by atoms with van der Waals surface area (Å²) in [5, 5.41) is 11.8. The van der Waals surface area contributed by atoms with Crippen LogP contribution in [-0.2, 0) is 16.0 Å². The van der Waals surface area contributed by atoms with Gasteiger partial charge >= 0.3 is 0 Å². The molecule has 6 heteroatoms. The van der Waals surface area contributed by atoms with E-state index in [0.717, 1.165) is 45.3 Å². The fraction of sp³-hybridized carbons (Fsp3) is 0.250. The molecule has 1 fully saturated rings. The van der Waals surface area contributed by atoms with E-state index >= 15 is 0 Å². The molecule has 0 saturated carbocycles. The number of para-hydroxylation sites is 1. The molecule has 3 aromatic carbocycles. The van der Waals surface area contributed by atoms with Crippen molar-refractivity contribution in [2.45, 2.75) is 38.0 Å². The van der Waals surface area contributed by atoms with Gasteiger partial charge in [-0.25, -0.2) is 4.98 Å². The van der Waals surface area contributed by atoms with Gasteiger partial charge in [-0.15, -0.1) is 0 Å². The van der Waals surface area contributed by atoms with E-state index in [0.29, 0.717) is 6.42 Å². The van der Waals surface area contributed by atoms with E-state index in [-0.39, 0.29) is 30.8 Å². The molecule has 172 valence electrons. The minimum Gasteiger partial charge on any atom is -0.396 e. The molecular weight excluding hydrogens is 426 g/mol. The van der Waals surface area contributed by atoms with E-state index in [1.54, 1.807) is 6.33 Å². The SMILES string of the molecule is Cc1cc(-c2ccccc2CCCO)ccc1[C@H]1C(=O)NC(=O)C[C@@H]1c1cccc2[nH]cnc12. The number of benzene rings is 3. The molecule has 4 aromatic rings. The number of nitrogens with one attached hydrogen (secondary N) is 2. The van der Waals surface area contributed by atoms with Gasteiger partial charge < -0.3 is 10.1 Å². The number of imidazole rings is 1. The molecule has 1 aromatic heterocycles. The Balaban J connectivity index is 1.56. The number of hydrogen-bond acceptors (Lipinski definition) is 4. The third-order valence-electron chi connectivity index (χ3n) is 6.77. The summed E-state index contributed by atoms with van der Waals surface area (Å²) in [6.07, 6.45) is 3.39. The summed E-state index contributed by atoms with van der Waals surface area (Å²) in [6, 6.07) is 20.2. The summed E-state index contributed by atoms with van der Waals surface area (Å²) in [6.45, 7) is 2.18. The van der Waals surface area contributed by atoms with Crippen molar-refractivity contribution >= 4 is 22.8 Å². The number of piperidine rings is 1. The number of rotatable bonds is 6. The maximum atomic E-state index is 13.2. The van der Waals surface area contributed by atoms with Crippen LogP contribution in [0.3, 0.4) is 0 Å². The first-order valence-electron chi connectivity index (χ1n) is 11.6. The van der Waals surface area contributed by atoms with Crippen molar-refractivity contribution in [2.75, 3.05) is 6.61 Å². The number of aliphatic hydroxyl groups is 1. The molecule has 2 heterocycles. The van der Waals surface area contributed by atoms with Crippen molar-refractivity contribution in [3.63, 3.8) is 0 Å². The summed E-state index contributed by atoms with van der Waals surface area (Å²) in [7, 11) is 0. The highest BCUT2D eigenvalue weighted by Gasteiger charge is 2.39. The Bertz CT molecular complexity index is 1370. The molecule has 1 saturated heterocycles. The van der Waals surface area contributed by atoms with Crippen LogP contribution in [0.2, 0.25) is 0 Å². The molecule has 6 nitrogen and oxygen atoms in total. The average Bonchev–Trinajstić information content (AvgIpc) is 3.32. The number of amides is 2.